The van der Waals surface area contributed by atoms with Gasteiger partial charge in [-0.05, 0) is 37.0 Å². The highest BCUT2D eigenvalue weighted by Crippen LogP contribution is 2.20. The van der Waals surface area contributed by atoms with Crippen LogP contribution in [0.1, 0.15) is 30.7 Å². The first-order valence-electron chi connectivity index (χ1n) is 7.95. The zero-order chi connectivity index (χ0) is 14.3. The second kappa shape index (κ2) is 7.27. The number of aromatic nitrogens is 2. The number of nitrogens with one attached hydrogen (secondary N) is 2. The van der Waals surface area contributed by atoms with Gasteiger partial charge in [0.25, 0.3) is 0 Å². The van der Waals surface area contributed by atoms with Gasteiger partial charge in [0.05, 0.1) is 0 Å². The molecule has 2 heterocycles. The zero-order valence-electron chi connectivity index (χ0n) is 12.5. The molecule has 0 amide bonds. The summed E-state index contributed by atoms with van der Waals surface area (Å²) in [5.41, 5.74) is 2.71. The summed E-state index contributed by atoms with van der Waals surface area (Å²) in [5, 5.41) is 3.47. The average molecular weight is 284 g/mol. The highest BCUT2D eigenvalue weighted by Gasteiger charge is 2.10. The Hall–Kier alpha value is -1.81. The van der Waals surface area contributed by atoms with Crippen molar-refractivity contribution >= 4 is 5.69 Å². The number of benzene rings is 1. The minimum atomic E-state index is 0.918. The summed E-state index contributed by atoms with van der Waals surface area (Å²) < 4.78 is 0. The van der Waals surface area contributed by atoms with Gasteiger partial charge in [0.1, 0.15) is 5.82 Å². The smallest absolute Gasteiger partial charge is 0.107 e. The fourth-order valence-electron chi connectivity index (χ4n) is 2.85. The molecule has 1 fully saturated rings. The van der Waals surface area contributed by atoms with Crippen LogP contribution in [0.4, 0.5) is 5.69 Å². The normalized spacial score (nSPS) is 15.3. The molecule has 4 nitrogen and oxygen atoms in total. The first-order valence-corrected chi connectivity index (χ1v) is 7.95. The van der Waals surface area contributed by atoms with Crippen molar-refractivity contribution < 1.29 is 0 Å². The molecule has 1 aliphatic rings. The third kappa shape index (κ3) is 4.08. The molecule has 0 spiro atoms. The molecule has 3 rings (SSSR count). The summed E-state index contributed by atoms with van der Waals surface area (Å²) in [7, 11) is 0. The lowest BCUT2D eigenvalue weighted by molar-refractivity contribution is 0.578. The average Bonchev–Trinajstić information content (AvgIpc) is 3.06. The molecule has 2 aromatic rings. The Morgan fingerprint density at radius 2 is 1.90 bits per heavy atom. The Labute approximate surface area is 126 Å². The van der Waals surface area contributed by atoms with Crippen LogP contribution < -0.4 is 10.2 Å². The molecule has 1 aromatic heterocycles. The van der Waals surface area contributed by atoms with Gasteiger partial charge in [-0.25, -0.2) is 4.98 Å². The van der Waals surface area contributed by atoms with Crippen LogP contribution in [0, 0.1) is 0 Å². The zero-order valence-corrected chi connectivity index (χ0v) is 12.5. The van der Waals surface area contributed by atoms with Gasteiger partial charge in [-0.1, -0.05) is 12.1 Å². The van der Waals surface area contributed by atoms with Gasteiger partial charge in [-0.3, -0.25) is 0 Å². The number of H-pyrrole nitrogens is 1. The highest BCUT2D eigenvalue weighted by atomic mass is 15.1. The number of anilines is 1. The molecule has 0 aliphatic carbocycles. The Kier molecular flexibility index (Phi) is 4.90. The maximum Gasteiger partial charge on any atom is 0.107 e. The van der Waals surface area contributed by atoms with Crippen LogP contribution in [0.5, 0.6) is 0 Å². The largest absolute Gasteiger partial charge is 0.372 e. The first-order chi connectivity index (χ1) is 10.4. The lowest BCUT2D eigenvalue weighted by Crippen LogP contribution is -2.29. The number of piperidine rings is 1. The summed E-state index contributed by atoms with van der Waals surface area (Å²) in [6.07, 6.45) is 8.66. The van der Waals surface area contributed by atoms with Gasteiger partial charge in [0, 0.05) is 50.7 Å². The summed E-state index contributed by atoms with van der Waals surface area (Å²) in [5.74, 6) is 1.04. The van der Waals surface area contributed by atoms with E-state index >= 15 is 0 Å². The molecule has 4 heteroatoms. The molecule has 1 aliphatic heterocycles. The van der Waals surface area contributed by atoms with Crippen LogP contribution in [0.15, 0.2) is 36.7 Å². The lowest BCUT2D eigenvalue weighted by atomic mass is 10.1. The van der Waals surface area contributed by atoms with Crippen LogP contribution in [-0.4, -0.2) is 29.6 Å². The van der Waals surface area contributed by atoms with E-state index in [-0.39, 0.29) is 0 Å². The fraction of sp³-hybridized carbons (Fsp3) is 0.471. The fourth-order valence-corrected chi connectivity index (χ4v) is 2.85. The quantitative estimate of drug-likeness (QED) is 0.802. The van der Waals surface area contributed by atoms with Crippen molar-refractivity contribution in [2.24, 2.45) is 0 Å². The summed E-state index contributed by atoms with van der Waals surface area (Å²) in [4.78, 5) is 9.84. The summed E-state index contributed by atoms with van der Waals surface area (Å²) in [6, 6.07) is 9.00. The molecule has 0 bridgehead atoms. The molecule has 21 heavy (non-hydrogen) atoms. The topological polar surface area (TPSA) is 44.0 Å². The maximum atomic E-state index is 4.22. The van der Waals surface area contributed by atoms with Crippen LogP contribution in [0.3, 0.4) is 0 Å². The molecule has 0 saturated carbocycles. The van der Waals surface area contributed by atoms with Gasteiger partial charge in [0.2, 0.25) is 0 Å². The van der Waals surface area contributed by atoms with Gasteiger partial charge in [0.15, 0.2) is 0 Å². The van der Waals surface area contributed by atoms with Crippen LogP contribution in [0.2, 0.25) is 0 Å². The molecular formula is C17H24N4. The van der Waals surface area contributed by atoms with E-state index in [0.29, 0.717) is 0 Å². The highest BCUT2D eigenvalue weighted by molar-refractivity contribution is 5.47. The molecule has 2 N–H and O–H groups in total. The molecule has 0 atom stereocenters. The minimum absolute atomic E-state index is 0.918. The van der Waals surface area contributed by atoms with E-state index in [9.17, 15) is 0 Å². The first kappa shape index (κ1) is 14.1. The second-order valence-corrected chi connectivity index (χ2v) is 5.68. The van der Waals surface area contributed by atoms with Crippen LogP contribution in [0.25, 0.3) is 0 Å². The van der Waals surface area contributed by atoms with Gasteiger partial charge in [-0.2, -0.15) is 0 Å². The maximum absolute atomic E-state index is 4.22. The standard InChI is InChI=1S/C17H24N4/c1-2-12-21(13-3-1)16-6-4-15(5-7-16)14-18-9-8-17-19-10-11-20-17/h4-7,10-11,18H,1-3,8-9,12-14H2,(H,19,20). The van der Waals surface area contributed by atoms with Crippen LogP contribution >= 0.6 is 0 Å². The van der Waals surface area contributed by atoms with Gasteiger partial charge < -0.3 is 15.2 Å². The Bertz CT molecular complexity index is 512. The third-order valence-electron chi connectivity index (χ3n) is 4.08. The molecule has 112 valence electrons. The van der Waals surface area contributed by atoms with Crippen molar-refractivity contribution in [3.63, 3.8) is 0 Å². The number of hydrogen-bond donors (Lipinski definition) is 2. The van der Waals surface area contributed by atoms with E-state index in [1.165, 1.54) is 43.6 Å². The monoisotopic (exact) mass is 284 g/mol. The number of rotatable bonds is 6. The Balaban J connectivity index is 1.43. The minimum Gasteiger partial charge on any atom is -0.372 e. The SMILES string of the molecule is c1c[nH]c(CCNCc2ccc(N3CCCCC3)cc2)n1. The van der Waals surface area contributed by atoms with Crippen molar-refractivity contribution in [3.8, 4) is 0 Å². The van der Waals surface area contributed by atoms with Crippen LogP contribution in [-0.2, 0) is 13.0 Å². The third-order valence-corrected chi connectivity index (χ3v) is 4.08. The van der Waals surface area contributed by atoms with E-state index < -0.39 is 0 Å². The Morgan fingerprint density at radius 1 is 1.10 bits per heavy atom. The lowest BCUT2D eigenvalue weighted by Gasteiger charge is -2.28. The second-order valence-electron chi connectivity index (χ2n) is 5.68. The number of nitrogens with zero attached hydrogens (tertiary/aromatic N) is 2. The molecule has 1 aromatic carbocycles. The van der Waals surface area contributed by atoms with E-state index in [1.54, 1.807) is 6.20 Å². The van der Waals surface area contributed by atoms with Crippen molar-refractivity contribution in [2.75, 3.05) is 24.5 Å². The molecular weight excluding hydrogens is 260 g/mol. The number of aromatic amines is 1. The van der Waals surface area contributed by atoms with Crippen molar-refractivity contribution in [2.45, 2.75) is 32.2 Å². The summed E-state index contributed by atoms with van der Waals surface area (Å²) in [6.45, 7) is 4.28. The van der Waals surface area contributed by atoms with E-state index in [1.807, 2.05) is 6.20 Å². The van der Waals surface area contributed by atoms with Crippen molar-refractivity contribution in [3.05, 3.63) is 48.0 Å². The van der Waals surface area contributed by atoms with Gasteiger partial charge >= 0.3 is 0 Å². The van der Waals surface area contributed by atoms with E-state index in [4.69, 9.17) is 0 Å². The van der Waals surface area contributed by atoms with Crippen molar-refractivity contribution in [1.29, 1.82) is 0 Å². The van der Waals surface area contributed by atoms with E-state index in [2.05, 4.69) is 44.5 Å². The predicted octanol–water partition coefficient (Wildman–Crippen LogP) is 2.73. The molecule has 1 saturated heterocycles. The van der Waals surface area contributed by atoms with E-state index in [0.717, 1.165) is 25.3 Å². The summed E-state index contributed by atoms with van der Waals surface area (Å²) >= 11 is 0. The molecule has 0 unspecified atom stereocenters. The number of imidazole rings is 1. The number of hydrogen-bond acceptors (Lipinski definition) is 3. The van der Waals surface area contributed by atoms with Gasteiger partial charge in [-0.15, -0.1) is 0 Å². The Morgan fingerprint density at radius 3 is 2.62 bits per heavy atom. The van der Waals surface area contributed by atoms with Crippen molar-refractivity contribution in [1.82, 2.24) is 15.3 Å². The molecule has 0 radical (unpaired) electrons. The predicted molar refractivity (Wildman–Crippen MR) is 86.5 cm³/mol.